The standard InChI is InChI=1S/C20H13BrClNO3/c21-17-7-3-1-5-15(17)20(25)26-14-11-9-13(10-12-14)23-19(24)16-6-2-4-8-18(16)22/h1-12H,(H,23,24). The van der Waals surface area contributed by atoms with E-state index >= 15 is 0 Å². The maximum Gasteiger partial charge on any atom is 0.344 e. The summed E-state index contributed by atoms with van der Waals surface area (Å²) in [7, 11) is 0. The summed E-state index contributed by atoms with van der Waals surface area (Å²) in [5, 5.41) is 3.13. The summed E-state index contributed by atoms with van der Waals surface area (Å²) >= 11 is 9.33. The van der Waals surface area contributed by atoms with Crippen LogP contribution in [0.3, 0.4) is 0 Å². The average Bonchev–Trinajstić information content (AvgIpc) is 2.64. The van der Waals surface area contributed by atoms with E-state index in [9.17, 15) is 9.59 Å². The second-order valence-corrected chi connectivity index (χ2v) is 6.59. The van der Waals surface area contributed by atoms with Crippen molar-refractivity contribution in [2.45, 2.75) is 0 Å². The van der Waals surface area contributed by atoms with Gasteiger partial charge in [-0.1, -0.05) is 35.9 Å². The van der Waals surface area contributed by atoms with Crippen molar-refractivity contribution >= 4 is 45.1 Å². The third-order valence-corrected chi connectivity index (χ3v) is 4.56. The maximum atomic E-state index is 12.2. The number of amides is 1. The van der Waals surface area contributed by atoms with E-state index in [1.807, 2.05) is 6.07 Å². The number of benzene rings is 3. The molecule has 0 aromatic heterocycles. The van der Waals surface area contributed by atoms with Gasteiger partial charge in [-0.25, -0.2) is 4.79 Å². The molecule has 0 atom stereocenters. The molecule has 6 heteroatoms. The SMILES string of the molecule is O=C(Nc1ccc(OC(=O)c2ccccc2Br)cc1)c1ccccc1Cl. The first-order valence-electron chi connectivity index (χ1n) is 7.67. The van der Waals surface area contributed by atoms with Crippen molar-refractivity contribution in [3.8, 4) is 5.75 Å². The number of nitrogens with one attached hydrogen (secondary N) is 1. The third-order valence-electron chi connectivity index (χ3n) is 3.53. The Morgan fingerprint density at radius 1 is 0.846 bits per heavy atom. The van der Waals surface area contributed by atoms with Crippen molar-refractivity contribution in [2.75, 3.05) is 5.32 Å². The minimum absolute atomic E-state index is 0.312. The van der Waals surface area contributed by atoms with E-state index in [2.05, 4.69) is 21.2 Å². The molecule has 0 spiro atoms. The first kappa shape index (κ1) is 18.2. The lowest BCUT2D eigenvalue weighted by atomic mass is 10.2. The van der Waals surface area contributed by atoms with Gasteiger partial charge in [-0.05, 0) is 64.5 Å². The number of hydrogen-bond donors (Lipinski definition) is 1. The van der Waals surface area contributed by atoms with Crippen LogP contribution in [0, 0.1) is 0 Å². The smallest absolute Gasteiger partial charge is 0.344 e. The van der Waals surface area contributed by atoms with Crippen LogP contribution in [-0.4, -0.2) is 11.9 Å². The molecule has 3 rings (SSSR count). The zero-order valence-corrected chi connectivity index (χ0v) is 15.8. The summed E-state index contributed by atoms with van der Waals surface area (Å²) < 4.78 is 6.00. The highest BCUT2D eigenvalue weighted by Crippen LogP contribution is 2.22. The fourth-order valence-electron chi connectivity index (χ4n) is 2.24. The molecule has 0 bridgehead atoms. The van der Waals surface area contributed by atoms with Crippen molar-refractivity contribution in [1.82, 2.24) is 0 Å². The largest absolute Gasteiger partial charge is 0.423 e. The molecule has 130 valence electrons. The van der Waals surface area contributed by atoms with E-state index in [0.29, 0.717) is 32.1 Å². The number of rotatable bonds is 4. The lowest BCUT2D eigenvalue weighted by Crippen LogP contribution is -2.12. The van der Waals surface area contributed by atoms with Crippen LogP contribution in [0.2, 0.25) is 5.02 Å². The summed E-state index contributed by atoms with van der Waals surface area (Å²) in [6.07, 6.45) is 0. The van der Waals surface area contributed by atoms with Crippen LogP contribution >= 0.6 is 27.5 Å². The normalized spacial score (nSPS) is 10.2. The number of hydrogen-bond acceptors (Lipinski definition) is 3. The molecule has 0 saturated heterocycles. The maximum absolute atomic E-state index is 12.2. The van der Waals surface area contributed by atoms with Gasteiger partial charge < -0.3 is 10.1 Å². The van der Waals surface area contributed by atoms with Crippen molar-refractivity contribution < 1.29 is 14.3 Å². The highest BCUT2D eigenvalue weighted by Gasteiger charge is 2.13. The summed E-state index contributed by atoms with van der Waals surface area (Å²) in [6, 6.07) is 20.3. The van der Waals surface area contributed by atoms with Gasteiger partial charge in [-0.3, -0.25) is 4.79 Å². The van der Waals surface area contributed by atoms with E-state index in [0.717, 1.165) is 0 Å². The van der Waals surface area contributed by atoms with Crippen molar-refractivity contribution in [2.24, 2.45) is 0 Å². The van der Waals surface area contributed by atoms with Crippen molar-refractivity contribution in [3.63, 3.8) is 0 Å². The molecular formula is C20H13BrClNO3. The molecule has 1 N–H and O–H groups in total. The van der Waals surface area contributed by atoms with Gasteiger partial charge in [0.15, 0.2) is 0 Å². The van der Waals surface area contributed by atoms with Crippen LogP contribution in [0.5, 0.6) is 5.75 Å². The van der Waals surface area contributed by atoms with Crippen molar-refractivity contribution in [3.05, 3.63) is 93.4 Å². The molecule has 0 unspecified atom stereocenters. The number of anilines is 1. The average molecular weight is 431 g/mol. The monoisotopic (exact) mass is 429 g/mol. The van der Waals surface area contributed by atoms with Crippen LogP contribution in [-0.2, 0) is 0 Å². The molecular weight excluding hydrogens is 418 g/mol. The number of esters is 1. The second kappa shape index (κ2) is 8.17. The lowest BCUT2D eigenvalue weighted by Gasteiger charge is -2.09. The number of carbonyl (C=O) groups is 2. The molecule has 0 aliphatic rings. The predicted octanol–water partition coefficient (Wildman–Crippen LogP) is 5.57. The fourth-order valence-corrected chi connectivity index (χ4v) is 2.91. The van der Waals surface area contributed by atoms with Crippen LogP contribution in [0.25, 0.3) is 0 Å². The van der Waals surface area contributed by atoms with E-state index in [1.54, 1.807) is 66.7 Å². The molecule has 3 aromatic rings. The summed E-state index contributed by atoms with van der Waals surface area (Å²) in [4.78, 5) is 24.4. The Morgan fingerprint density at radius 3 is 2.12 bits per heavy atom. The van der Waals surface area contributed by atoms with Gasteiger partial charge in [0.2, 0.25) is 0 Å². The molecule has 0 heterocycles. The second-order valence-electron chi connectivity index (χ2n) is 5.33. The molecule has 26 heavy (non-hydrogen) atoms. The van der Waals surface area contributed by atoms with Crippen LogP contribution in [0.15, 0.2) is 77.3 Å². The van der Waals surface area contributed by atoms with Crippen LogP contribution in [0.4, 0.5) is 5.69 Å². The van der Waals surface area contributed by atoms with E-state index in [1.165, 1.54) is 0 Å². The first-order chi connectivity index (χ1) is 12.5. The predicted molar refractivity (Wildman–Crippen MR) is 105 cm³/mol. The Morgan fingerprint density at radius 2 is 1.46 bits per heavy atom. The fraction of sp³-hybridized carbons (Fsp3) is 0. The summed E-state index contributed by atoms with van der Waals surface area (Å²) in [5.41, 5.74) is 1.39. The van der Waals surface area contributed by atoms with E-state index in [-0.39, 0.29) is 5.91 Å². The molecule has 0 aliphatic carbocycles. The number of ether oxygens (including phenoxy) is 1. The molecule has 0 fully saturated rings. The molecule has 1 amide bonds. The molecule has 0 saturated carbocycles. The minimum atomic E-state index is -0.467. The van der Waals surface area contributed by atoms with Gasteiger partial charge in [0.05, 0.1) is 16.1 Å². The Hall–Kier alpha value is -2.63. The van der Waals surface area contributed by atoms with Gasteiger partial charge in [-0.15, -0.1) is 0 Å². The van der Waals surface area contributed by atoms with Crippen molar-refractivity contribution in [1.29, 1.82) is 0 Å². The Labute approximate surface area is 163 Å². The van der Waals surface area contributed by atoms with Gasteiger partial charge in [0.1, 0.15) is 5.75 Å². The van der Waals surface area contributed by atoms with Crippen LogP contribution < -0.4 is 10.1 Å². The van der Waals surface area contributed by atoms with Gasteiger partial charge in [-0.2, -0.15) is 0 Å². The highest BCUT2D eigenvalue weighted by atomic mass is 79.9. The first-order valence-corrected chi connectivity index (χ1v) is 8.84. The zero-order valence-electron chi connectivity index (χ0n) is 13.4. The Kier molecular flexibility index (Phi) is 5.71. The highest BCUT2D eigenvalue weighted by molar-refractivity contribution is 9.10. The minimum Gasteiger partial charge on any atom is -0.423 e. The van der Waals surface area contributed by atoms with E-state index < -0.39 is 5.97 Å². The zero-order chi connectivity index (χ0) is 18.5. The van der Waals surface area contributed by atoms with E-state index in [4.69, 9.17) is 16.3 Å². The lowest BCUT2D eigenvalue weighted by molar-refractivity contribution is 0.0733. The Balaban J connectivity index is 1.67. The molecule has 3 aromatic carbocycles. The quantitative estimate of drug-likeness (QED) is 0.434. The van der Waals surface area contributed by atoms with Crippen LogP contribution in [0.1, 0.15) is 20.7 Å². The topological polar surface area (TPSA) is 55.4 Å². The third kappa shape index (κ3) is 4.31. The summed E-state index contributed by atoms with van der Waals surface area (Å²) in [5.74, 6) is -0.402. The van der Waals surface area contributed by atoms with Gasteiger partial charge >= 0.3 is 5.97 Å². The molecule has 0 aliphatic heterocycles. The Bertz CT molecular complexity index is 879. The molecule has 4 nitrogen and oxygen atoms in total. The number of carbonyl (C=O) groups excluding carboxylic acids is 2. The summed E-state index contributed by atoms with van der Waals surface area (Å²) in [6.45, 7) is 0. The van der Waals surface area contributed by atoms with Gasteiger partial charge in [0.25, 0.3) is 5.91 Å². The molecule has 0 radical (unpaired) electrons. The van der Waals surface area contributed by atoms with Gasteiger partial charge in [0, 0.05) is 10.2 Å². The number of halogens is 2.